The summed E-state index contributed by atoms with van der Waals surface area (Å²) >= 11 is 0. The van der Waals surface area contributed by atoms with E-state index in [0.717, 1.165) is 5.56 Å². The molecule has 0 radical (unpaired) electrons. The normalized spacial score (nSPS) is 18.4. The van der Waals surface area contributed by atoms with Crippen LogP contribution in [0.1, 0.15) is 61.9 Å². The Bertz CT molecular complexity index is 1250. The highest BCUT2D eigenvalue weighted by atomic mass is 16.5. The first-order valence-corrected chi connectivity index (χ1v) is 14.8. The van der Waals surface area contributed by atoms with Gasteiger partial charge in [0.2, 0.25) is 17.7 Å². The third kappa shape index (κ3) is 10.5. The second-order valence-electron chi connectivity index (χ2n) is 10.9. The first-order valence-electron chi connectivity index (χ1n) is 14.8. The molecule has 1 aliphatic heterocycles. The highest BCUT2D eigenvalue weighted by Gasteiger charge is 2.26. The van der Waals surface area contributed by atoms with E-state index in [9.17, 15) is 19.2 Å². The largest absolute Gasteiger partial charge is 0.493 e. The summed E-state index contributed by atoms with van der Waals surface area (Å²) in [4.78, 5) is 52.3. The van der Waals surface area contributed by atoms with E-state index in [1.54, 1.807) is 38.5 Å². The van der Waals surface area contributed by atoms with Gasteiger partial charge in [0, 0.05) is 19.5 Å². The van der Waals surface area contributed by atoms with Gasteiger partial charge in [0.15, 0.2) is 11.5 Å². The molecule has 0 saturated heterocycles. The second-order valence-corrected chi connectivity index (χ2v) is 10.9. The van der Waals surface area contributed by atoms with E-state index < -0.39 is 23.9 Å². The number of nitrogens with one attached hydrogen (secondary N) is 4. The van der Waals surface area contributed by atoms with Crippen LogP contribution in [-0.2, 0) is 20.8 Å². The minimum atomic E-state index is -0.974. The number of amides is 4. The molecule has 11 heteroatoms. The Morgan fingerprint density at radius 2 is 1.81 bits per heavy atom. The molecule has 1 unspecified atom stereocenters. The van der Waals surface area contributed by atoms with Gasteiger partial charge in [0.25, 0.3) is 5.91 Å². The van der Waals surface area contributed by atoms with E-state index >= 15 is 0 Å². The number of aryl methyl sites for hydroxylation is 1. The molecular formula is C32H44N4O7. The lowest BCUT2D eigenvalue weighted by Crippen LogP contribution is -2.49. The SMILES string of the molecule is COc1ccc(CCCNC(=O)[C@@H]2CCC(=O)NC(CC(C)C)C(=O)NCCCOc3ccccc3C(=O)N2)cc1OC. The summed E-state index contributed by atoms with van der Waals surface area (Å²) in [6.45, 7) is 4.96. The zero-order chi connectivity index (χ0) is 31.2. The molecule has 0 aromatic heterocycles. The Labute approximate surface area is 253 Å². The molecule has 1 aliphatic rings. The van der Waals surface area contributed by atoms with Gasteiger partial charge in [-0.1, -0.05) is 32.0 Å². The number of hydrogen-bond acceptors (Lipinski definition) is 7. The highest BCUT2D eigenvalue weighted by molar-refractivity contribution is 5.99. The lowest BCUT2D eigenvalue weighted by Gasteiger charge is -2.22. The van der Waals surface area contributed by atoms with Crippen molar-refractivity contribution in [3.05, 3.63) is 53.6 Å². The van der Waals surface area contributed by atoms with E-state index in [0.29, 0.717) is 56.0 Å². The summed E-state index contributed by atoms with van der Waals surface area (Å²) < 4.78 is 16.5. The molecule has 3 rings (SSSR count). The molecule has 1 heterocycles. The van der Waals surface area contributed by atoms with Crippen LogP contribution < -0.4 is 35.5 Å². The van der Waals surface area contributed by atoms with Crippen LogP contribution in [0.3, 0.4) is 0 Å². The number of carbonyl (C=O) groups is 4. The quantitative estimate of drug-likeness (QED) is 0.326. The molecule has 4 N–H and O–H groups in total. The number of para-hydroxylation sites is 1. The third-order valence-corrected chi connectivity index (χ3v) is 7.04. The lowest BCUT2D eigenvalue weighted by molar-refractivity contribution is -0.129. The van der Waals surface area contributed by atoms with E-state index in [2.05, 4.69) is 21.3 Å². The summed E-state index contributed by atoms with van der Waals surface area (Å²) in [5.74, 6) is 0.338. The van der Waals surface area contributed by atoms with Crippen LogP contribution in [0.2, 0.25) is 0 Å². The van der Waals surface area contributed by atoms with E-state index in [1.165, 1.54) is 0 Å². The summed E-state index contributed by atoms with van der Waals surface area (Å²) in [7, 11) is 3.16. The molecule has 0 fully saturated rings. The van der Waals surface area contributed by atoms with Crippen LogP contribution in [0.5, 0.6) is 17.2 Å². The number of methoxy groups -OCH3 is 2. The number of rotatable bonds is 9. The van der Waals surface area contributed by atoms with Crippen LogP contribution in [0, 0.1) is 5.92 Å². The van der Waals surface area contributed by atoms with Crippen molar-refractivity contribution in [3.8, 4) is 17.2 Å². The number of hydrogen-bond donors (Lipinski definition) is 4. The Morgan fingerprint density at radius 1 is 1.05 bits per heavy atom. The minimum absolute atomic E-state index is 0.0516. The summed E-state index contributed by atoms with van der Waals surface area (Å²) in [5, 5.41) is 11.4. The minimum Gasteiger partial charge on any atom is -0.493 e. The van der Waals surface area contributed by atoms with Gasteiger partial charge >= 0.3 is 0 Å². The predicted molar refractivity (Wildman–Crippen MR) is 162 cm³/mol. The fourth-order valence-electron chi connectivity index (χ4n) is 4.78. The lowest BCUT2D eigenvalue weighted by atomic mass is 10.0. The molecule has 4 amide bonds. The fourth-order valence-corrected chi connectivity index (χ4v) is 4.78. The van der Waals surface area contributed by atoms with Crippen LogP contribution in [0.15, 0.2) is 42.5 Å². The van der Waals surface area contributed by atoms with Crippen molar-refractivity contribution in [1.82, 2.24) is 21.3 Å². The Balaban J connectivity index is 1.71. The van der Waals surface area contributed by atoms with E-state index in [4.69, 9.17) is 14.2 Å². The maximum Gasteiger partial charge on any atom is 0.255 e. The summed E-state index contributed by atoms with van der Waals surface area (Å²) in [6, 6.07) is 10.8. The molecule has 11 nitrogen and oxygen atoms in total. The van der Waals surface area contributed by atoms with Crippen molar-refractivity contribution >= 4 is 23.6 Å². The monoisotopic (exact) mass is 596 g/mol. The van der Waals surface area contributed by atoms with Gasteiger partial charge in [-0.25, -0.2) is 0 Å². The molecule has 0 saturated carbocycles. The van der Waals surface area contributed by atoms with Crippen LogP contribution in [-0.4, -0.2) is 69.6 Å². The van der Waals surface area contributed by atoms with Crippen LogP contribution in [0.4, 0.5) is 0 Å². The topological polar surface area (TPSA) is 144 Å². The second kappa shape index (κ2) is 17.0. The molecule has 234 valence electrons. The number of fused-ring (bicyclic) bond motifs is 1. The van der Waals surface area contributed by atoms with E-state index in [-0.39, 0.29) is 42.7 Å². The Morgan fingerprint density at radius 3 is 2.56 bits per heavy atom. The predicted octanol–water partition coefficient (Wildman–Crippen LogP) is 2.76. The van der Waals surface area contributed by atoms with Gasteiger partial charge in [-0.15, -0.1) is 0 Å². The summed E-state index contributed by atoms with van der Waals surface area (Å²) in [6.07, 6.45) is 2.32. The molecule has 43 heavy (non-hydrogen) atoms. The summed E-state index contributed by atoms with van der Waals surface area (Å²) in [5.41, 5.74) is 1.31. The molecule has 0 spiro atoms. The standard InChI is InChI=1S/C32H44N4O7/c1-21(2)19-25-32(40)34-17-8-18-43-26-11-6-5-10-23(26)30(38)36-24(13-15-29(37)35-25)31(39)33-16-7-9-22-12-14-27(41-3)28(20-22)42-4/h5-6,10-12,14,20-21,24-25H,7-9,13,15-19H2,1-4H3,(H,33,39)(H,34,40)(H,35,37)(H,36,38)/t24-,25?/m0/s1. The van der Waals surface area contributed by atoms with Crippen molar-refractivity contribution in [2.24, 2.45) is 5.92 Å². The Hall–Kier alpha value is -4.28. The molecule has 2 aromatic rings. The maximum absolute atomic E-state index is 13.3. The first-order chi connectivity index (χ1) is 20.7. The average Bonchev–Trinajstić information content (AvgIpc) is 2.99. The average molecular weight is 597 g/mol. The van der Waals surface area contributed by atoms with Crippen molar-refractivity contribution in [2.75, 3.05) is 33.9 Å². The number of carbonyl (C=O) groups excluding carboxylic acids is 4. The van der Waals surface area contributed by atoms with Gasteiger partial charge in [0.1, 0.15) is 17.8 Å². The molecule has 0 aliphatic carbocycles. The number of ether oxygens (including phenoxy) is 3. The van der Waals surface area contributed by atoms with Crippen LogP contribution >= 0.6 is 0 Å². The fraction of sp³-hybridized carbons (Fsp3) is 0.500. The zero-order valence-electron chi connectivity index (χ0n) is 25.5. The van der Waals surface area contributed by atoms with Crippen molar-refractivity contribution in [1.29, 1.82) is 0 Å². The van der Waals surface area contributed by atoms with Gasteiger partial charge in [-0.2, -0.15) is 0 Å². The van der Waals surface area contributed by atoms with Crippen LogP contribution in [0.25, 0.3) is 0 Å². The molecule has 0 bridgehead atoms. The first kappa shape index (κ1) is 33.2. The third-order valence-electron chi connectivity index (χ3n) is 7.04. The van der Waals surface area contributed by atoms with Crippen molar-refractivity contribution in [2.45, 2.75) is 64.5 Å². The zero-order valence-corrected chi connectivity index (χ0v) is 25.5. The Kier molecular flexibility index (Phi) is 13.1. The molecule has 2 atom stereocenters. The van der Waals surface area contributed by atoms with E-state index in [1.807, 2.05) is 32.0 Å². The van der Waals surface area contributed by atoms with Crippen molar-refractivity contribution < 1.29 is 33.4 Å². The molecular weight excluding hydrogens is 552 g/mol. The maximum atomic E-state index is 13.3. The van der Waals surface area contributed by atoms with Gasteiger partial charge in [0.05, 0.1) is 26.4 Å². The van der Waals surface area contributed by atoms with Gasteiger partial charge < -0.3 is 35.5 Å². The smallest absolute Gasteiger partial charge is 0.255 e. The van der Waals surface area contributed by atoms with Gasteiger partial charge in [-0.3, -0.25) is 19.2 Å². The van der Waals surface area contributed by atoms with Crippen molar-refractivity contribution in [3.63, 3.8) is 0 Å². The highest BCUT2D eigenvalue weighted by Crippen LogP contribution is 2.28. The van der Waals surface area contributed by atoms with Gasteiger partial charge in [-0.05, 0) is 67.9 Å². The number of benzene rings is 2. The molecule has 2 aromatic carbocycles.